The van der Waals surface area contributed by atoms with Gasteiger partial charge in [-0.15, -0.1) is 0 Å². The molecular formula is C33H51NO3. The van der Waals surface area contributed by atoms with Crippen molar-refractivity contribution >= 4 is 0 Å². The first kappa shape index (κ1) is 29.6. The molecule has 0 atom stereocenters. The van der Waals surface area contributed by atoms with Gasteiger partial charge in [-0.2, -0.15) is 0 Å². The molecule has 4 heteroatoms. The van der Waals surface area contributed by atoms with Crippen molar-refractivity contribution < 1.29 is 14.2 Å². The minimum absolute atomic E-state index is 0.297. The van der Waals surface area contributed by atoms with Crippen molar-refractivity contribution in [2.45, 2.75) is 116 Å². The minimum Gasteiger partial charge on any atom is -0.494 e. The average Bonchev–Trinajstić information content (AvgIpc) is 2.95. The Balaban J connectivity index is 1.29. The summed E-state index contributed by atoms with van der Waals surface area (Å²) in [6.45, 7) is 6.86. The van der Waals surface area contributed by atoms with E-state index in [9.17, 15) is 0 Å². The molecule has 0 unspecified atom stereocenters. The van der Waals surface area contributed by atoms with Crippen LogP contribution in [0.4, 0.5) is 0 Å². The van der Waals surface area contributed by atoms with Gasteiger partial charge in [0.2, 0.25) is 0 Å². The summed E-state index contributed by atoms with van der Waals surface area (Å²) in [5.41, 5.74) is 3.04. The van der Waals surface area contributed by atoms with E-state index in [1.807, 2.05) is 18.3 Å². The first-order valence-corrected chi connectivity index (χ1v) is 15.2. The van der Waals surface area contributed by atoms with Crippen molar-refractivity contribution in [1.82, 2.24) is 4.98 Å². The lowest BCUT2D eigenvalue weighted by molar-refractivity contribution is -0.206. The fourth-order valence-corrected chi connectivity index (χ4v) is 4.98. The highest BCUT2D eigenvalue weighted by Gasteiger charge is 2.23. The molecule has 0 aliphatic carbocycles. The standard InChI is InChI=1S/C33H51NO3/c1-3-5-7-9-10-11-12-13-14-15-17-28-26-36-33(37-27-28)30-20-23-32(34-25-30)29-18-21-31(22-19-29)35-24-16-8-6-4-2/h18-23,25,28,33H,3-17,24,26-27H2,1-2H3. The number of ether oxygens (including phenoxy) is 3. The summed E-state index contributed by atoms with van der Waals surface area (Å²) < 4.78 is 18.0. The van der Waals surface area contributed by atoms with Gasteiger partial charge in [0.25, 0.3) is 0 Å². The Bertz CT molecular complexity index is 812. The highest BCUT2D eigenvalue weighted by atomic mass is 16.7. The van der Waals surface area contributed by atoms with Crippen LogP contribution in [0.5, 0.6) is 5.75 Å². The second-order valence-electron chi connectivity index (χ2n) is 10.7. The number of unbranched alkanes of at least 4 members (excludes halogenated alkanes) is 12. The van der Waals surface area contributed by atoms with Crippen LogP contribution in [0.3, 0.4) is 0 Å². The zero-order valence-corrected chi connectivity index (χ0v) is 23.6. The Hall–Kier alpha value is -1.91. The maximum absolute atomic E-state index is 6.06. The Morgan fingerprint density at radius 2 is 1.30 bits per heavy atom. The lowest BCUT2D eigenvalue weighted by Crippen LogP contribution is -2.27. The SMILES string of the molecule is CCCCCCCCCCCCC1COC(c2ccc(-c3ccc(OCCCCCC)cc3)nc2)OC1. The molecule has 206 valence electrons. The van der Waals surface area contributed by atoms with Gasteiger partial charge in [0.15, 0.2) is 6.29 Å². The molecule has 3 rings (SSSR count). The van der Waals surface area contributed by atoms with Gasteiger partial charge in [-0.1, -0.05) is 103 Å². The maximum atomic E-state index is 6.06. The van der Waals surface area contributed by atoms with Gasteiger partial charge in [-0.25, -0.2) is 0 Å². The molecule has 1 fully saturated rings. The third-order valence-electron chi connectivity index (χ3n) is 7.41. The molecule has 0 spiro atoms. The summed E-state index contributed by atoms with van der Waals surface area (Å²) >= 11 is 0. The minimum atomic E-state index is -0.297. The molecule has 37 heavy (non-hydrogen) atoms. The first-order valence-electron chi connectivity index (χ1n) is 15.2. The molecule has 1 aliphatic heterocycles. The fourth-order valence-electron chi connectivity index (χ4n) is 4.98. The average molecular weight is 510 g/mol. The summed E-state index contributed by atoms with van der Waals surface area (Å²) in [7, 11) is 0. The van der Waals surface area contributed by atoms with Crippen LogP contribution < -0.4 is 4.74 Å². The predicted octanol–water partition coefficient (Wildman–Crippen LogP) is 9.68. The van der Waals surface area contributed by atoms with Crippen molar-refractivity contribution in [3.63, 3.8) is 0 Å². The fraction of sp³-hybridized carbons (Fsp3) is 0.667. The third kappa shape index (κ3) is 11.6. The zero-order valence-electron chi connectivity index (χ0n) is 23.6. The number of benzene rings is 1. The van der Waals surface area contributed by atoms with Crippen LogP contribution in [0.25, 0.3) is 11.3 Å². The molecule has 0 radical (unpaired) electrons. The van der Waals surface area contributed by atoms with E-state index in [2.05, 4.69) is 43.1 Å². The van der Waals surface area contributed by atoms with E-state index < -0.39 is 0 Å². The van der Waals surface area contributed by atoms with E-state index in [0.717, 1.165) is 48.8 Å². The lowest BCUT2D eigenvalue weighted by Gasteiger charge is -2.29. The number of rotatable bonds is 19. The highest BCUT2D eigenvalue weighted by Crippen LogP contribution is 2.29. The number of hydrogen-bond donors (Lipinski definition) is 0. The van der Waals surface area contributed by atoms with Crippen LogP contribution in [-0.2, 0) is 9.47 Å². The second kappa shape index (κ2) is 18.4. The number of aromatic nitrogens is 1. The Morgan fingerprint density at radius 1 is 0.703 bits per heavy atom. The molecule has 0 N–H and O–H groups in total. The summed E-state index contributed by atoms with van der Waals surface area (Å²) in [6, 6.07) is 12.4. The van der Waals surface area contributed by atoms with Gasteiger partial charge >= 0.3 is 0 Å². The Kier molecular flexibility index (Phi) is 14.7. The summed E-state index contributed by atoms with van der Waals surface area (Å²) in [5.74, 6) is 1.44. The van der Waals surface area contributed by atoms with Crippen LogP contribution >= 0.6 is 0 Å². The molecule has 1 aromatic carbocycles. The van der Waals surface area contributed by atoms with E-state index >= 15 is 0 Å². The second-order valence-corrected chi connectivity index (χ2v) is 10.7. The molecular weight excluding hydrogens is 458 g/mol. The molecule has 2 heterocycles. The molecule has 0 bridgehead atoms. The van der Waals surface area contributed by atoms with Crippen molar-refractivity contribution in [1.29, 1.82) is 0 Å². The smallest absolute Gasteiger partial charge is 0.185 e. The molecule has 1 aliphatic rings. The van der Waals surface area contributed by atoms with Gasteiger partial charge in [0, 0.05) is 23.2 Å². The Morgan fingerprint density at radius 3 is 1.89 bits per heavy atom. The summed E-state index contributed by atoms with van der Waals surface area (Å²) in [4.78, 5) is 4.67. The molecule has 0 saturated carbocycles. The van der Waals surface area contributed by atoms with Crippen molar-refractivity contribution in [3.05, 3.63) is 48.2 Å². The zero-order chi connectivity index (χ0) is 26.0. The highest BCUT2D eigenvalue weighted by molar-refractivity contribution is 5.60. The molecule has 1 saturated heterocycles. The topological polar surface area (TPSA) is 40.6 Å². The largest absolute Gasteiger partial charge is 0.494 e. The van der Waals surface area contributed by atoms with E-state index in [1.54, 1.807) is 0 Å². The number of hydrogen-bond acceptors (Lipinski definition) is 4. The van der Waals surface area contributed by atoms with Crippen LogP contribution in [-0.4, -0.2) is 24.8 Å². The number of nitrogens with zero attached hydrogens (tertiary/aromatic N) is 1. The van der Waals surface area contributed by atoms with Gasteiger partial charge in [-0.05, 0) is 43.2 Å². The van der Waals surface area contributed by atoms with Crippen LogP contribution in [0.1, 0.15) is 122 Å². The van der Waals surface area contributed by atoms with Crippen LogP contribution in [0.2, 0.25) is 0 Å². The number of pyridine rings is 1. The van der Waals surface area contributed by atoms with Crippen LogP contribution in [0, 0.1) is 5.92 Å². The van der Waals surface area contributed by atoms with Crippen molar-refractivity contribution in [2.24, 2.45) is 5.92 Å². The van der Waals surface area contributed by atoms with E-state index in [1.165, 1.54) is 89.9 Å². The summed E-state index contributed by atoms with van der Waals surface area (Å²) in [5, 5.41) is 0. The first-order chi connectivity index (χ1) is 18.3. The van der Waals surface area contributed by atoms with Gasteiger partial charge < -0.3 is 14.2 Å². The summed E-state index contributed by atoms with van der Waals surface area (Å²) in [6.07, 6.45) is 21.5. The van der Waals surface area contributed by atoms with Gasteiger partial charge in [-0.3, -0.25) is 4.98 Å². The third-order valence-corrected chi connectivity index (χ3v) is 7.41. The maximum Gasteiger partial charge on any atom is 0.185 e. The lowest BCUT2D eigenvalue weighted by atomic mass is 10.0. The predicted molar refractivity (Wildman–Crippen MR) is 154 cm³/mol. The van der Waals surface area contributed by atoms with E-state index in [0.29, 0.717) is 5.92 Å². The monoisotopic (exact) mass is 509 g/mol. The molecule has 2 aromatic rings. The van der Waals surface area contributed by atoms with Gasteiger partial charge in [0.05, 0.1) is 25.5 Å². The van der Waals surface area contributed by atoms with Crippen molar-refractivity contribution in [2.75, 3.05) is 19.8 Å². The van der Waals surface area contributed by atoms with E-state index in [-0.39, 0.29) is 6.29 Å². The molecule has 1 aromatic heterocycles. The van der Waals surface area contributed by atoms with E-state index in [4.69, 9.17) is 14.2 Å². The molecule has 4 nitrogen and oxygen atoms in total. The normalized spacial score (nSPS) is 17.7. The Labute approximate surface area is 226 Å². The molecule has 0 amide bonds. The van der Waals surface area contributed by atoms with Gasteiger partial charge in [0.1, 0.15) is 5.75 Å². The quantitative estimate of drug-likeness (QED) is 0.177. The van der Waals surface area contributed by atoms with Crippen molar-refractivity contribution in [3.8, 4) is 17.0 Å². The van der Waals surface area contributed by atoms with Crippen LogP contribution in [0.15, 0.2) is 42.6 Å².